The van der Waals surface area contributed by atoms with Gasteiger partial charge in [-0.05, 0) is 39.2 Å². The van der Waals surface area contributed by atoms with Crippen molar-refractivity contribution >= 4 is 28.5 Å². The van der Waals surface area contributed by atoms with Gasteiger partial charge in [-0.15, -0.1) is 0 Å². The lowest BCUT2D eigenvalue weighted by molar-refractivity contribution is -0.127. The molecule has 6 nitrogen and oxygen atoms in total. The van der Waals surface area contributed by atoms with Gasteiger partial charge in [0.05, 0.1) is 5.56 Å². The van der Waals surface area contributed by atoms with Crippen molar-refractivity contribution < 1.29 is 14.4 Å². The topological polar surface area (TPSA) is 71.4 Å². The summed E-state index contributed by atoms with van der Waals surface area (Å²) in [6.07, 6.45) is 4.61. The minimum absolute atomic E-state index is 0.0473. The van der Waals surface area contributed by atoms with Crippen LogP contribution < -0.4 is 5.32 Å². The average Bonchev–Trinajstić information content (AvgIpc) is 2.99. The molecule has 1 fully saturated rings. The van der Waals surface area contributed by atoms with E-state index in [0.717, 1.165) is 24.8 Å². The van der Waals surface area contributed by atoms with Gasteiger partial charge in [-0.25, -0.2) is 0 Å². The molecule has 0 bridgehead atoms. The number of para-hydroxylation sites is 1. The minimum atomic E-state index is -0.494. The van der Waals surface area contributed by atoms with E-state index >= 15 is 0 Å². The number of ketones is 1. The third kappa shape index (κ3) is 3.79. The molecule has 0 atom stereocenters. The zero-order valence-electron chi connectivity index (χ0n) is 15.3. The number of carbonyl (C=O) groups is 3. The molecule has 2 amide bonds. The van der Waals surface area contributed by atoms with Crippen LogP contribution >= 0.6 is 0 Å². The van der Waals surface area contributed by atoms with Gasteiger partial charge in [0, 0.05) is 36.2 Å². The van der Waals surface area contributed by atoms with Crippen molar-refractivity contribution in [2.24, 2.45) is 0 Å². The van der Waals surface area contributed by atoms with Crippen LogP contribution in [0.5, 0.6) is 0 Å². The van der Waals surface area contributed by atoms with Crippen molar-refractivity contribution in [3.8, 4) is 0 Å². The molecule has 138 valence electrons. The third-order valence-corrected chi connectivity index (χ3v) is 4.63. The Hall–Kier alpha value is -2.63. The molecule has 0 spiro atoms. The maximum atomic E-state index is 12.8. The van der Waals surface area contributed by atoms with Gasteiger partial charge < -0.3 is 14.8 Å². The fourth-order valence-corrected chi connectivity index (χ4v) is 3.44. The predicted octanol–water partition coefficient (Wildman–Crippen LogP) is 2.36. The largest absolute Gasteiger partial charge is 0.352 e. The summed E-state index contributed by atoms with van der Waals surface area (Å²) in [5, 5.41) is 3.56. The number of carbonyl (C=O) groups excluding carboxylic acids is 3. The number of nitrogens with one attached hydrogen (secondary N) is 1. The highest BCUT2D eigenvalue weighted by atomic mass is 16.2. The van der Waals surface area contributed by atoms with E-state index < -0.39 is 11.7 Å². The van der Waals surface area contributed by atoms with E-state index in [4.69, 9.17) is 0 Å². The maximum Gasteiger partial charge on any atom is 0.295 e. The van der Waals surface area contributed by atoms with Crippen molar-refractivity contribution in [2.45, 2.75) is 45.7 Å². The SMILES string of the molecule is CC(C)NC(=O)Cn1cc(C(=O)C(=O)N2CCCCC2)c2ccccc21. The second-order valence-corrected chi connectivity index (χ2v) is 7.09. The number of hydrogen-bond acceptors (Lipinski definition) is 3. The second kappa shape index (κ2) is 7.72. The number of hydrogen-bond donors (Lipinski definition) is 1. The monoisotopic (exact) mass is 355 g/mol. The van der Waals surface area contributed by atoms with Gasteiger partial charge in [-0.1, -0.05) is 18.2 Å². The molecule has 1 aromatic carbocycles. The zero-order chi connectivity index (χ0) is 18.7. The van der Waals surface area contributed by atoms with E-state index in [2.05, 4.69) is 5.32 Å². The Kier molecular flexibility index (Phi) is 5.40. The molecule has 0 saturated carbocycles. The van der Waals surface area contributed by atoms with Crippen LogP contribution in [-0.4, -0.2) is 46.2 Å². The number of amides is 2. The number of nitrogens with zero attached hydrogens (tertiary/aromatic N) is 2. The summed E-state index contributed by atoms with van der Waals surface area (Å²) in [5.41, 5.74) is 1.15. The average molecular weight is 355 g/mol. The number of piperidine rings is 1. The third-order valence-electron chi connectivity index (χ3n) is 4.63. The smallest absolute Gasteiger partial charge is 0.295 e. The van der Waals surface area contributed by atoms with Crippen molar-refractivity contribution in [3.63, 3.8) is 0 Å². The van der Waals surface area contributed by atoms with Crippen molar-refractivity contribution in [1.82, 2.24) is 14.8 Å². The summed E-state index contributed by atoms with van der Waals surface area (Å²) in [5.74, 6) is -1.06. The molecule has 2 heterocycles. The molecule has 1 aliphatic heterocycles. The first-order valence-corrected chi connectivity index (χ1v) is 9.18. The standard InChI is InChI=1S/C20H25N3O3/c1-14(2)21-18(24)13-23-12-16(15-8-4-5-9-17(15)23)19(25)20(26)22-10-6-3-7-11-22/h4-5,8-9,12,14H,3,6-7,10-11,13H2,1-2H3,(H,21,24). The van der Waals surface area contributed by atoms with Crippen LogP contribution in [-0.2, 0) is 16.1 Å². The van der Waals surface area contributed by atoms with E-state index in [1.165, 1.54) is 0 Å². The van der Waals surface area contributed by atoms with Gasteiger partial charge in [0.2, 0.25) is 5.91 Å². The number of benzene rings is 1. The van der Waals surface area contributed by atoms with Crippen LogP contribution in [0, 0.1) is 0 Å². The molecular formula is C20H25N3O3. The molecule has 1 saturated heterocycles. The quantitative estimate of drug-likeness (QED) is 0.661. The highest BCUT2D eigenvalue weighted by Gasteiger charge is 2.27. The fourth-order valence-electron chi connectivity index (χ4n) is 3.44. The van der Waals surface area contributed by atoms with Crippen molar-refractivity contribution in [3.05, 3.63) is 36.0 Å². The lowest BCUT2D eigenvalue weighted by Crippen LogP contribution is -2.40. The molecule has 3 rings (SSSR count). The molecule has 0 radical (unpaired) electrons. The zero-order valence-corrected chi connectivity index (χ0v) is 15.3. The van der Waals surface area contributed by atoms with Crippen molar-refractivity contribution in [2.75, 3.05) is 13.1 Å². The Morgan fingerprint density at radius 3 is 2.46 bits per heavy atom. The first kappa shape index (κ1) is 18.2. The summed E-state index contributed by atoms with van der Waals surface area (Å²) in [6, 6.07) is 7.43. The number of Topliss-reactive ketones (excluding diaryl/α,β-unsaturated/α-hetero) is 1. The highest BCUT2D eigenvalue weighted by molar-refractivity contribution is 6.44. The summed E-state index contributed by atoms with van der Waals surface area (Å²) >= 11 is 0. The van der Waals surface area contributed by atoms with Gasteiger partial charge in [0.15, 0.2) is 0 Å². The summed E-state index contributed by atoms with van der Waals surface area (Å²) in [6.45, 7) is 5.19. The maximum absolute atomic E-state index is 12.8. The number of fused-ring (bicyclic) bond motifs is 1. The van der Waals surface area contributed by atoms with Crippen LogP contribution in [0.3, 0.4) is 0 Å². The Labute approximate surface area is 153 Å². The Morgan fingerprint density at radius 1 is 1.08 bits per heavy atom. The Balaban J connectivity index is 1.89. The van der Waals surface area contributed by atoms with E-state index in [0.29, 0.717) is 24.0 Å². The van der Waals surface area contributed by atoms with Gasteiger partial charge in [0.25, 0.3) is 11.7 Å². The summed E-state index contributed by atoms with van der Waals surface area (Å²) in [4.78, 5) is 39.2. The van der Waals surface area contributed by atoms with Gasteiger partial charge in [0.1, 0.15) is 6.54 Å². The first-order valence-electron chi connectivity index (χ1n) is 9.18. The second-order valence-electron chi connectivity index (χ2n) is 7.09. The molecule has 6 heteroatoms. The number of likely N-dealkylation sites (tertiary alicyclic amines) is 1. The lowest BCUT2D eigenvalue weighted by atomic mass is 10.1. The van der Waals surface area contributed by atoms with E-state index in [1.807, 2.05) is 38.1 Å². The van der Waals surface area contributed by atoms with Crippen LogP contribution in [0.2, 0.25) is 0 Å². The fraction of sp³-hybridized carbons (Fsp3) is 0.450. The number of aromatic nitrogens is 1. The highest BCUT2D eigenvalue weighted by Crippen LogP contribution is 2.23. The Bertz CT molecular complexity index is 832. The summed E-state index contributed by atoms with van der Waals surface area (Å²) < 4.78 is 1.74. The molecule has 1 aromatic heterocycles. The van der Waals surface area contributed by atoms with Crippen LogP contribution in [0.15, 0.2) is 30.5 Å². The molecular weight excluding hydrogens is 330 g/mol. The van der Waals surface area contributed by atoms with Gasteiger partial charge in [-0.3, -0.25) is 14.4 Å². The molecule has 2 aromatic rings. The van der Waals surface area contributed by atoms with Gasteiger partial charge >= 0.3 is 0 Å². The van der Waals surface area contributed by atoms with Crippen molar-refractivity contribution in [1.29, 1.82) is 0 Å². The molecule has 1 aliphatic rings. The Morgan fingerprint density at radius 2 is 1.77 bits per heavy atom. The molecule has 0 unspecified atom stereocenters. The minimum Gasteiger partial charge on any atom is -0.352 e. The molecule has 0 aliphatic carbocycles. The summed E-state index contributed by atoms with van der Waals surface area (Å²) in [7, 11) is 0. The molecule has 1 N–H and O–H groups in total. The number of rotatable bonds is 5. The van der Waals surface area contributed by atoms with E-state index in [-0.39, 0.29) is 18.5 Å². The normalized spacial score (nSPS) is 14.7. The van der Waals surface area contributed by atoms with Crippen LogP contribution in [0.1, 0.15) is 43.5 Å². The molecule has 26 heavy (non-hydrogen) atoms. The van der Waals surface area contributed by atoms with E-state index in [1.54, 1.807) is 15.7 Å². The predicted molar refractivity (Wildman–Crippen MR) is 100.0 cm³/mol. The first-order chi connectivity index (χ1) is 12.5. The van der Waals surface area contributed by atoms with Crippen LogP contribution in [0.4, 0.5) is 0 Å². The van der Waals surface area contributed by atoms with Crippen LogP contribution in [0.25, 0.3) is 10.9 Å². The lowest BCUT2D eigenvalue weighted by Gasteiger charge is -2.25. The van der Waals surface area contributed by atoms with Gasteiger partial charge in [-0.2, -0.15) is 0 Å². The van der Waals surface area contributed by atoms with E-state index in [9.17, 15) is 14.4 Å².